The van der Waals surface area contributed by atoms with Crippen molar-refractivity contribution in [1.29, 1.82) is 0 Å². The zero-order valence-corrected chi connectivity index (χ0v) is 8.13. The van der Waals surface area contributed by atoms with Crippen molar-refractivity contribution in [2.45, 2.75) is 18.8 Å². The van der Waals surface area contributed by atoms with Crippen LogP contribution in [0.1, 0.15) is 12.8 Å². The van der Waals surface area contributed by atoms with Gasteiger partial charge >= 0.3 is 0 Å². The lowest BCUT2D eigenvalue weighted by Crippen LogP contribution is -2.44. The van der Waals surface area contributed by atoms with Crippen LogP contribution >= 0.6 is 12.4 Å². The number of nitrogens with one attached hydrogen (secondary N) is 1. The van der Waals surface area contributed by atoms with Crippen LogP contribution in [-0.4, -0.2) is 32.2 Å². The lowest BCUT2D eigenvalue weighted by atomic mass is 9.77. The molecule has 2 fully saturated rings. The fourth-order valence-corrected chi connectivity index (χ4v) is 2.08. The fraction of sp³-hybridized carbons (Fsp3) is 1.00. The average Bonchev–Trinajstić information content (AvgIpc) is 2.30. The summed E-state index contributed by atoms with van der Waals surface area (Å²) < 4.78 is 31.8. The normalized spacial score (nSPS) is 30.0. The Labute approximate surface area is 82.4 Å². The summed E-state index contributed by atoms with van der Waals surface area (Å²) in [7, 11) is 0. The van der Waals surface area contributed by atoms with Gasteiger partial charge in [-0.25, -0.2) is 8.78 Å². The molecule has 2 rings (SSSR count). The second kappa shape index (κ2) is 3.67. The highest BCUT2D eigenvalue weighted by Gasteiger charge is 2.57. The van der Waals surface area contributed by atoms with Gasteiger partial charge in [-0.15, -0.1) is 12.4 Å². The van der Waals surface area contributed by atoms with Crippen LogP contribution in [0.25, 0.3) is 0 Å². The van der Waals surface area contributed by atoms with E-state index in [1.807, 2.05) is 0 Å². The van der Waals surface area contributed by atoms with E-state index >= 15 is 0 Å². The number of ether oxygens (including phenoxy) is 1. The van der Waals surface area contributed by atoms with E-state index in [2.05, 4.69) is 5.32 Å². The zero-order chi connectivity index (χ0) is 8.66. The van der Waals surface area contributed by atoms with Crippen LogP contribution in [0.3, 0.4) is 0 Å². The molecule has 1 spiro atoms. The number of rotatable bonds is 0. The number of halogens is 3. The van der Waals surface area contributed by atoms with E-state index in [9.17, 15) is 8.78 Å². The van der Waals surface area contributed by atoms with E-state index < -0.39 is 11.3 Å². The topological polar surface area (TPSA) is 21.3 Å². The summed E-state index contributed by atoms with van der Waals surface area (Å²) in [6, 6.07) is 0. The Hall–Kier alpha value is 0.0700. The van der Waals surface area contributed by atoms with Crippen LogP contribution in [0, 0.1) is 5.41 Å². The Kier molecular flexibility index (Phi) is 3.15. The van der Waals surface area contributed by atoms with Crippen LogP contribution in [-0.2, 0) is 4.74 Å². The Morgan fingerprint density at radius 1 is 1.08 bits per heavy atom. The molecule has 0 bridgehead atoms. The summed E-state index contributed by atoms with van der Waals surface area (Å²) in [5, 5.41) is 2.77. The van der Waals surface area contributed by atoms with Gasteiger partial charge in [-0.05, 0) is 12.8 Å². The van der Waals surface area contributed by atoms with E-state index in [4.69, 9.17) is 4.74 Å². The number of hydrogen-bond acceptors (Lipinski definition) is 2. The smallest absolute Gasteiger partial charge is 0.267 e. The highest BCUT2D eigenvalue weighted by Crippen LogP contribution is 2.46. The van der Waals surface area contributed by atoms with Gasteiger partial charge in [0.05, 0.1) is 12.0 Å². The Bertz CT molecular complexity index is 183. The Morgan fingerprint density at radius 2 is 1.69 bits per heavy atom. The number of alkyl halides is 2. The molecular formula is C8H14ClF2NO. The molecule has 5 heteroatoms. The molecule has 2 aliphatic rings. The van der Waals surface area contributed by atoms with Crippen LogP contribution in [0.4, 0.5) is 8.78 Å². The molecule has 2 nitrogen and oxygen atoms in total. The van der Waals surface area contributed by atoms with Gasteiger partial charge in [0.25, 0.3) is 5.92 Å². The third-order valence-electron chi connectivity index (χ3n) is 3.04. The van der Waals surface area contributed by atoms with Gasteiger partial charge in [-0.1, -0.05) is 0 Å². The molecule has 13 heavy (non-hydrogen) atoms. The SMILES string of the molecule is Cl.FC1(F)CNCC12CCOCC2. The van der Waals surface area contributed by atoms with Gasteiger partial charge in [0.15, 0.2) is 0 Å². The van der Waals surface area contributed by atoms with Crippen LogP contribution in [0.2, 0.25) is 0 Å². The number of hydrogen-bond donors (Lipinski definition) is 1. The lowest BCUT2D eigenvalue weighted by Gasteiger charge is -2.37. The molecule has 2 saturated heterocycles. The highest BCUT2D eigenvalue weighted by atomic mass is 35.5. The minimum Gasteiger partial charge on any atom is -0.381 e. The van der Waals surface area contributed by atoms with Crippen LogP contribution in [0.15, 0.2) is 0 Å². The molecule has 0 aromatic rings. The third kappa shape index (κ3) is 1.67. The minimum absolute atomic E-state index is 0. The quantitative estimate of drug-likeness (QED) is 0.658. The largest absolute Gasteiger partial charge is 0.381 e. The van der Waals surface area contributed by atoms with E-state index in [0.29, 0.717) is 32.6 Å². The van der Waals surface area contributed by atoms with E-state index in [1.165, 1.54) is 0 Å². The Morgan fingerprint density at radius 3 is 2.15 bits per heavy atom. The Balaban J connectivity index is 0.000000845. The van der Waals surface area contributed by atoms with Gasteiger partial charge in [0.2, 0.25) is 0 Å². The molecular weight excluding hydrogens is 200 g/mol. The molecule has 78 valence electrons. The predicted octanol–water partition coefficient (Wildman–Crippen LogP) is 1.44. The second-order valence-electron chi connectivity index (χ2n) is 3.70. The summed E-state index contributed by atoms with van der Waals surface area (Å²) in [6.07, 6.45) is 0.986. The molecule has 0 unspecified atom stereocenters. The molecule has 0 atom stereocenters. The van der Waals surface area contributed by atoms with E-state index in [1.54, 1.807) is 0 Å². The van der Waals surface area contributed by atoms with Crippen molar-refractivity contribution < 1.29 is 13.5 Å². The fourth-order valence-electron chi connectivity index (χ4n) is 2.08. The third-order valence-corrected chi connectivity index (χ3v) is 3.04. The van der Waals surface area contributed by atoms with Crippen LogP contribution in [0.5, 0.6) is 0 Å². The highest BCUT2D eigenvalue weighted by molar-refractivity contribution is 5.85. The van der Waals surface area contributed by atoms with Crippen molar-refractivity contribution in [2.75, 3.05) is 26.3 Å². The van der Waals surface area contributed by atoms with Crippen molar-refractivity contribution >= 4 is 12.4 Å². The maximum atomic E-state index is 13.4. The molecule has 0 aromatic heterocycles. The first-order valence-electron chi connectivity index (χ1n) is 4.33. The average molecular weight is 214 g/mol. The molecule has 0 amide bonds. The first-order valence-corrected chi connectivity index (χ1v) is 4.33. The van der Waals surface area contributed by atoms with Crippen molar-refractivity contribution in [3.05, 3.63) is 0 Å². The van der Waals surface area contributed by atoms with Crippen molar-refractivity contribution in [2.24, 2.45) is 5.41 Å². The van der Waals surface area contributed by atoms with Gasteiger partial charge in [-0.3, -0.25) is 0 Å². The minimum atomic E-state index is -2.53. The standard InChI is InChI=1S/C8H13F2NO.ClH/c9-8(10)6-11-5-7(8)1-3-12-4-2-7;/h11H,1-6H2;1H. The monoisotopic (exact) mass is 213 g/mol. The molecule has 0 aliphatic carbocycles. The molecule has 0 radical (unpaired) electrons. The van der Waals surface area contributed by atoms with Gasteiger partial charge in [0, 0.05) is 19.8 Å². The van der Waals surface area contributed by atoms with Gasteiger partial charge in [-0.2, -0.15) is 0 Å². The molecule has 1 N–H and O–H groups in total. The molecule has 2 heterocycles. The van der Waals surface area contributed by atoms with Gasteiger partial charge < -0.3 is 10.1 Å². The van der Waals surface area contributed by atoms with E-state index in [0.717, 1.165) is 0 Å². The molecule has 2 aliphatic heterocycles. The molecule has 0 aromatic carbocycles. The van der Waals surface area contributed by atoms with E-state index in [-0.39, 0.29) is 19.0 Å². The lowest BCUT2D eigenvalue weighted by molar-refractivity contribution is -0.128. The summed E-state index contributed by atoms with van der Waals surface area (Å²) in [5.41, 5.74) is -0.800. The van der Waals surface area contributed by atoms with Crippen molar-refractivity contribution in [3.8, 4) is 0 Å². The first kappa shape index (κ1) is 11.1. The van der Waals surface area contributed by atoms with Crippen LogP contribution < -0.4 is 5.32 Å². The predicted molar refractivity (Wildman–Crippen MR) is 47.6 cm³/mol. The van der Waals surface area contributed by atoms with Crippen molar-refractivity contribution in [3.63, 3.8) is 0 Å². The zero-order valence-electron chi connectivity index (χ0n) is 7.32. The summed E-state index contributed by atoms with van der Waals surface area (Å²) in [5.74, 6) is -2.53. The maximum absolute atomic E-state index is 13.4. The summed E-state index contributed by atoms with van der Waals surface area (Å²) >= 11 is 0. The first-order chi connectivity index (χ1) is 5.66. The second-order valence-corrected chi connectivity index (χ2v) is 3.70. The maximum Gasteiger partial charge on any atom is 0.267 e. The summed E-state index contributed by atoms with van der Waals surface area (Å²) in [4.78, 5) is 0. The van der Waals surface area contributed by atoms with Gasteiger partial charge in [0.1, 0.15) is 0 Å². The summed E-state index contributed by atoms with van der Waals surface area (Å²) in [6.45, 7) is 1.25. The van der Waals surface area contributed by atoms with Crippen molar-refractivity contribution in [1.82, 2.24) is 5.32 Å². The molecule has 0 saturated carbocycles.